The number of nitrogens with zero attached hydrogens (tertiary/aromatic N) is 4. The first-order chi connectivity index (χ1) is 16.3. The van der Waals surface area contributed by atoms with Crippen molar-refractivity contribution in [2.24, 2.45) is 10.7 Å². The Kier molecular flexibility index (Phi) is 5.81. The van der Waals surface area contributed by atoms with E-state index in [2.05, 4.69) is 24.8 Å². The van der Waals surface area contributed by atoms with Crippen LogP contribution in [0.4, 0.5) is 19.0 Å². The number of hydrogen-bond acceptors (Lipinski definition) is 6. The minimum atomic E-state index is -2.90. The average Bonchev–Trinajstić information content (AvgIpc) is 3.29. The zero-order valence-electron chi connectivity index (χ0n) is 19.1. The summed E-state index contributed by atoms with van der Waals surface area (Å²) in [4.78, 5) is 13.9. The molecule has 1 saturated heterocycles. The Morgan fingerprint density at radius 2 is 1.94 bits per heavy atom. The molecule has 10 heteroatoms. The number of nitrogens with one attached hydrogen (secondary N) is 1. The van der Waals surface area contributed by atoms with E-state index in [0.29, 0.717) is 55.3 Å². The second-order valence-electron chi connectivity index (χ2n) is 8.94. The van der Waals surface area contributed by atoms with E-state index in [-0.39, 0.29) is 5.56 Å². The van der Waals surface area contributed by atoms with Gasteiger partial charge in [0.2, 0.25) is 0 Å². The van der Waals surface area contributed by atoms with E-state index in [1.807, 2.05) is 6.07 Å². The number of ether oxygens (including phenoxy) is 1. The van der Waals surface area contributed by atoms with Crippen LogP contribution in [0.3, 0.4) is 0 Å². The van der Waals surface area contributed by atoms with E-state index >= 15 is 0 Å². The van der Waals surface area contributed by atoms with E-state index in [0.717, 1.165) is 24.0 Å². The van der Waals surface area contributed by atoms with Crippen molar-refractivity contribution in [2.75, 3.05) is 25.1 Å². The monoisotopic (exact) mass is 472 g/mol. The second-order valence-corrected chi connectivity index (χ2v) is 8.94. The third-order valence-corrected chi connectivity index (χ3v) is 6.70. The number of alkyl halides is 2. The highest BCUT2D eigenvalue weighted by Crippen LogP contribution is 2.39. The maximum atomic E-state index is 14.8. The Balaban J connectivity index is 1.70. The summed E-state index contributed by atoms with van der Waals surface area (Å²) in [6, 6.07) is 5.23. The molecule has 34 heavy (non-hydrogen) atoms. The lowest BCUT2D eigenvalue weighted by atomic mass is 9.83. The first-order valence-electron chi connectivity index (χ1n) is 11.4. The van der Waals surface area contributed by atoms with Gasteiger partial charge < -0.3 is 20.4 Å². The molecule has 4 heterocycles. The van der Waals surface area contributed by atoms with E-state index in [4.69, 9.17) is 10.5 Å². The Morgan fingerprint density at radius 1 is 1.21 bits per heavy atom. The highest BCUT2D eigenvalue weighted by molar-refractivity contribution is 5.67. The summed E-state index contributed by atoms with van der Waals surface area (Å²) in [6.07, 6.45) is -1.55. The predicted octanol–water partition coefficient (Wildman–Crippen LogP) is 3.82. The molecule has 5 rings (SSSR count). The number of hydrogen-bond donors (Lipinski definition) is 2. The van der Waals surface area contributed by atoms with Crippen LogP contribution >= 0.6 is 0 Å². The largest absolute Gasteiger partial charge is 0.381 e. The Bertz CT molecular complexity index is 1270. The first-order valence-corrected chi connectivity index (χ1v) is 11.4. The van der Waals surface area contributed by atoms with Gasteiger partial charge in [0.15, 0.2) is 5.49 Å². The fourth-order valence-electron chi connectivity index (χ4n) is 4.84. The standard InChI is InChI=1S/C24H27F3N6O/c1-13(15-4-3-5-16(19(15)25)20(26)27)30-21-17-12-18(24(28)6-10-34-11-7-24)23-29-8-9-33(23)22(17)32-14(2)31-21/h3-5,12-13,20,29H,6-11,28H2,1-2H3/t13-/m1/s1. The Labute approximate surface area is 195 Å². The minimum Gasteiger partial charge on any atom is -0.381 e. The van der Waals surface area contributed by atoms with Crippen molar-refractivity contribution in [2.45, 2.75) is 51.2 Å². The molecule has 0 aromatic heterocycles. The van der Waals surface area contributed by atoms with Crippen molar-refractivity contribution in [3.05, 3.63) is 58.1 Å². The Morgan fingerprint density at radius 3 is 2.68 bits per heavy atom. The number of anilines is 1. The topological polar surface area (TPSA) is 90.4 Å². The SMILES string of the molecule is Cc1nc2n3c(c(C4(N)CCOCC4)cc-2c(=N[C@H](C)c2cccc(C(F)F)c2F)n1)NCC3. The molecule has 1 fully saturated rings. The fraction of sp³-hybridized carbons (Fsp3) is 0.458. The molecular weight excluding hydrogens is 445 g/mol. The molecule has 3 N–H and O–H groups in total. The van der Waals surface area contributed by atoms with Crippen LogP contribution in [0.25, 0.3) is 11.4 Å². The van der Waals surface area contributed by atoms with Crippen LogP contribution in [-0.2, 0) is 16.8 Å². The quantitative estimate of drug-likeness (QED) is 0.603. The minimum absolute atomic E-state index is 0.0950. The number of aromatic nitrogens is 3. The molecular formula is C24H27F3N6O. The van der Waals surface area contributed by atoms with Crippen LogP contribution in [-0.4, -0.2) is 34.3 Å². The zero-order chi connectivity index (χ0) is 24.0. The molecule has 0 radical (unpaired) electrons. The molecule has 4 aliphatic rings. The van der Waals surface area contributed by atoms with Gasteiger partial charge in [0, 0.05) is 43.0 Å². The highest BCUT2D eigenvalue weighted by atomic mass is 19.3. The summed E-state index contributed by atoms with van der Waals surface area (Å²) in [5.41, 5.74) is 7.77. The number of rotatable bonds is 4. The first kappa shape index (κ1) is 22.8. The molecule has 1 aromatic carbocycles. The predicted molar refractivity (Wildman–Crippen MR) is 121 cm³/mol. The lowest BCUT2D eigenvalue weighted by Crippen LogP contribution is -2.43. The van der Waals surface area contributed by atoms with Crippen LogP contribution in [0, 0.1) is 12.7 Å². The summed E-state index contributed by atoms with van der Waals surface area (Å²) in [5.74, 6) is 1.22. The number of fused-ring (bicyclic) bond motifs is 3. The van der Waals surface area contributed by atoms with E-state index in [1.54, 1.807) is 13.8 Å². The zero-order valence-corrected chi connectivity index (χ0v) is 19.1. The highest BCUT2D eigenvalue weighted by Gasteiger charge is 2.36. The molecule has 0 spiro atoms. The van der Waals surface area contributed by atoms with Crippen LogP contribution < -0.4 is 16.5 Å². The van der Waals surface area contributed by atoms with Crippen molar-refractivity contribution in [1.29, 1.82) is 0 Å². The molecule has 180 valence electrons. The van der Waals surface area contributed by atoms with E-state index < -0.39 is 29.4 Å². The molecule has 0 bridgehead atoms. The van der Waals surface area contributed by atoms with Crippen molar-refractivity contribution < 1.29 is 17.9 Å². The van der Waals surface area contributed by atoms with Gasteiger partial charge in [0.1, 0.15) is 23.3 Å². The number of nitrogens with two attached hydrogens (primary N) is 1. The molecule has 0 unspecified atom stereocenters. The van der Waals surface area contributed by atoms with Crippen LogP contribution in [0.1, 0.15) is 54.7 Å². The maximum absolute atomic E-state index is 14.8. The van der Waals surface area contributed by atoms with Crippen LogP contribution in [0.2, 0.25) is 0 Å². The van der Waals surface area contributed by atoms with Gasteiger partial charge in [-0.05, 0) is 32.8 Å². The maximum Gasteiger partial charge on any atom is 0.266 e. The van der Waals surface area contributed by atoms with Crippen molar-refractivity contribution >= 4 is 5.82 Å². The van der Waals surface area contributed by atoms with Gasteiger partial charge in [-0.15, -0.1) is 0 Å². The molecule has 0 aliphatic carbocycles. The smallest absolute Gasteiger partial charge is 0.266 e. The summed E-state index contributed by atoms with van der Waals surface area (Å²) < 4.78 is 48.9. The molecule has 0 amide bonds. The summed E-state index contributed by atoms with van der Waals surface area (Å²) >= 11 is 0. The molecule has 0 saturated carbocycles. The number of halogens is 3. The van der Waals surface area contributed by atoms with Crippen molar-refractivity contribution in [3.63, 3.8) is 0 Å². The second kappa shape index (κ2) is 8.66. The summed E-state index contributed by atoms with van der Waals surface area (Å²) in [6.45, 7) is 6.05. The normalized spacial score (nSPS) is 18.9. The summed E-state index contributed by atoms with van der Waals surface area (Å²) in [7, 11) is 0. The Hall–Kier alpha value is -2.98. The molecule has 4 aliphatic heterocycles. The third-order valence-electron chi connectivity index (χ3n) is 6.70. The van der Waals surface area contributed by atoms with Crippen molar-refractivity contribution in [1.82, 2.24) is 14.5 Å². The van der Waals surface area contributed by atoms with Gasteiger partial charge >= 0.3 is 0 Å². The number of benzene rings is 1. The van der Waals surface area contributed by atoms with E-state index in [1.165, 1.54) is 12.1 Å². The van der Waals surface area contributed by atoms with Gasteiger partial charge in [-0.1, -0.05) is 18.2 Å². The number of aryl methyl sites for hydroxylation is 1. The molecule has 7 nitrogen and oxygen atoms in total. The van der Waals surface area contributed by atoms with E-state index in [9.17, 15) is 13.2 Å². The van der Waals surface area contributed by atoms with Gasteiger partial charge in [-0.3, -0.25) is 4.99 Å². The average molecular weight is 473 g/mol. The number of pyridine rings is 1. The molecule has 1 aromatic rings. The summed E-state index contributed by atoms with van der Waals surface area (Å²) in [5, 5.41) is 3.44. The fourth-order valence-corrected chi connectivity index (χ4v) is 4.84. The van der Waals surface area contributed by atoms with Gasteiger partial charge in [-0.25, -0.2) is 23.1 Å². The molecule has 1 atom stereocenters. The lowest BCUT2D eigenvalue weighted by Gasteiger charge is -2.36. The van der Waals surface area contributed by atoms with Gasteiger partial charge in [0.05, 0.1) is 17.2 Å². The van der Waals surface area contributed by atoms with Crippen LogP contribution in [0.5, 0.6) is 0 Å². The third kappa shape index (κ3) is 3.84. The van der Waals surface area contributed by atoms with Gasteiger partial charge in [-0.2, -0.15) is 0 Å². The van der Waals surface area contributed by atoms with Crippen LogP contribution in [0.15, 0.2) is 29.3 Å². The lowest BCUT2D eigenvalue weighted by molar-refractivity contribution is 0.0523. The van der Waals surface area contributed by atoms with Gasteiger partial charge in [0.25, 0.3) is 6.43 Å². The van der Waals surface area contributed by atoms with Crippen molar-refractivity contribution in [3.8, 4) is 11.4 Å².